The van der Waals surface area contributed by atoms with Gasteiger partial charge in [0.2, 0.25) is 5.43 Å². The molecular formula is C44H38Cl2N2O6S. The Morgan fingerprint density at radius 1 is 0.764 bits per heavy atom. The van der Waals surface area contributed by atoms with Crippen LogP contribution >= 0.6 is 23.2 Å². The Balaban J connectivity index is 1.27. The molecule has 0 bridgehead atoms. The highest BCUT2D eigenvalue weighted by atomic mass is 35.5. The maximum Gasteiger partial charge on any atom is 0.295 e. The van der Waals surface area contributed by atoms with Crippen LogP contribution in [0.5, 0.6) is 5.75 Å². The first kappa shape index (κ1) is 39.3. The van der Waals surface area contributed by atoms with Gasteiger partial charge in [0, 0.05) is 53.0 Å². The van der Waals surface area contributed by atoms with E-state index in [2.05, 4.69) is 55.2 Å². The summed E-state index contributed by atoms with van der Waals surface area (Å²) in [6.45, 7) is 6.57. The zero-order valence-electron chi connectivity index (χ0n) is 30.3. The van der Waals surface area contributed by atoms with Gasteiger partial charge >= 0.3 is 0 Å². The van der Waals surface area contributed by atoms with Crippen LogP contribution in [0.25, 0.3) is 57.7 Å². The quantitative estimate of drug-likeness (QED) is 0.0501. The molecule has 0 fully saturated rings. The smallest absolute Gasteiger partial charge is 0.295 e. The van der Waals surface area contributed by atoms with E-state index in [-0.39, 0.29) is 43.2 Å². The molecule has 0 radical (unpaired) electrons. The molecule has 1 N–H and O–H groups in total. The number of benzene rings is 5. The largest absolute Gasteiger partial charge is 0.456 e. The molecule has 1 heterocycles. The van der Waals surface area contributed by atoms with Gasteiger partial charge in [-0.05, 0) is 65.4 Å². The minimum atomic E-state index is -4.79. The second-order valence-corrected chi connectivity index (χ2v) is 15.3. The highest BCUT2D eigenvalue weighted by Crippen LogP contribution is 2.45. The number of hydrogen-bond donors (Lipinski definition) is 1. The molecule has 11 heteroatoms. The van der Waals surface area contributed by atoms with Gasteiger partial charge < -0.3 is 14.1 Å². The maximum atomic E-state index is 12.9. The third kappa shape index (κ3) is 9.30. The van der Waals surface area contributed by atoms with Crippen LogP contribution < -0.4 is 15.1 Å². The SMILES string of the molecule is CCCCN(CCCC)c1ccc(/C=C/c2ccc(/C=C/c3ccc(-c4c5cc(Cl)c(=O)cc-5oc5cc(OC#N)c(Cl)cc45)c(S(=O)(=O)O)c3)cc2)cc1. The summed E-state index contributed by atoms with van der Waals surface area (Å²) in [6, 6.07) is 26.6. The fourth-order valence-corrected chi connectivity index (χ4v) is 7.44. The van der Waals surface area contributed by atoms with Gasteiger partial charge in [0.05, 0.1) is 10.0 Å². The molecule has 0 saturated carbocycles. The van der Waals surface area contributed by atoms with E-state index < -0.39 is 15.5 Å². The second-order valence-electron chi connectivity index (χ2n) is 13.1. The minimum absolute atomic E-state index is 0.00125. The molecule has 0 spiro atoms. The van der Waals surface area contributed by atoms with Crippen molar-refractivity contribution < 1.29 is 22.1 Å². The first-order chi connectivity index (χ1) is 26.5. The molecule has 6 rings (SSSR count). The lowest BCUT2D eigenvalue weighted by Gasteiger charge is -2.24. The normalized spacial score (nSPS) is 11.9. The van der Waals surface area contributed by atoms with Crippen molar-refractivity contribution in [3.05, 3.63) is 134 Å². The number of fused-ring (bicyclic) bond motifs is 2. The highest BCUT2D eigenvalue weighted by Gasteiger charge is 2.26. The molecule has 55 heavy (non-hydrogen) atoms. The molecule has 0 atom stereocenters. The van der Waals surface area contributed by atoms with Gasteiger partial charge in [0.15, 0.2) is 5.75 Å². The van der Waals surface area contributed by atoms with Crippen LogP contribution in [0.4, 0.5) is 5.69 Å². The van der Waals surface area contributed by atoms with E-state index >= 15 is 0 Å². The summed E-state index contributed by atoms with van der Waals surface area (Å²) in [7, 11) is -4.79. The Morgan fingerprint density at radius 3 is 1.89 bits per heavy atom. The highest BCUT2D eigenvalue weighted by molar-refractivity contribution is 7.86. The number of hydrogen-bond acceptors (Lipinski definition) is 7. The molecule has 280 valence electrons. The number of nitrogens with zero attached hydrogens (tertiary/aromatic N) is 2. The molecule has 0 amide bonds. The van der Waals surface area contributed by atoms with Crippen LogP contribution in [0.1, 0.15) is 61.8 Å². The van der Waals surface area contributed by atoms with Crippen LogP contribution in [0.3, 0.4) is 0 Å². The average molecular weight is 794 g/mol. The number of unbranched alkanes of at least 4 members (excludes halogenated alkanes) is 2. The molecule has 8 nitrogen and oxygen atoms in total. The molecule has 4 aromatic carbocycles. The van der Waals surface area contributed by atoms with Crippen LogP contribution in [-0.4, -0.2) is 26.1 Å². The van der Waals surface area contributed by atoms with E-state index in [9.17, 15) is 17.8 Å². The van der Waals surface area contributed by atoms with Crippen molar-refractivity contribution in [2.24, 2.45) is 0 Å². The van der Waals surface area contributed by atoms with E-state index in [1.54, 1.807) is 24.5 Å². The van der Waals surface area contributed by atoms with Crippen molar-refractivity contribution in [3.63, 3.8) is 0 Å². The van der Waals surface area contributed by atoms with Gasteiger partial charge in [0.1, 0.15) is 16.2 Å². The third-order valence-electron chi connectivity index (χ3n) is 9.23. The maximum absolute atomic E-state index is 12.9. The van der Waals surface area contributed by atoms with E-state index in [1.165, 1.54) is 61.7 Å². The fourth-order valence-electron chi connectivity index (χ4n) is 6.34. The predicted molar refractivity (Wildman–Crippen MR) is 223 cm³/mol. The van der Waals surface area contributed by atoms with Gasteiger partial charge in [-0.15, -0.1) is 5.26 Å². The lowest BCUT2D eigenvalue weighted by Crippen LogP contribution is -2.25. The monoisotopic (exact) mass is 792 g/mol. The van der Waals surface area contributed by atoms with Gasteiger partial charge in [-0.3, -0.25) is 9.35 Å². The summed E-state index contributed by atoms with van der Waals surface area (Å²) >= 11 is 12.7. The van der Waals surface area contributed by atoms with Crippen molar-refractivity contribution >= 4 is 74.3 Å². The molecular weight excluding hydrogens is 755 g/mol. The lowest BCUT2D eigenvalue weighted by atomic mass is 9.93. The van der Waals surface area contributed by atoms with Crippen LogP contribution in [-0.2, 0) is 10.1 Å². The molecule has 0 saturated heterocycles. The Labute approximate surface area is 330 Å². The zero-order valence-corrected chi connectivity index (χ0v) is 32.6. The lowest BCUT2D eigenvalue weighted by molar-refractivity contribution is 0.483. The molecule has 4 aromatic rings. The molecule has 0 unspecified atom stereocenters. The molecule has 2 aliphatic rings. The van der Waals surface area contributed by atoms with Crippen LogP contribution in [0.15, 0.2) is 105 Å². The number of nitriles is 1. The van der Waals surface area contributed by atoms with Crippen molar-refractivity contribution in [2.45, 2.75) is 44.4 Å². The van der Waals surface area contributed by atoms with Crippen molar-refractivity contribution in [3.8, 4) is 34.5 Å². The van der Waals surface area contributed by atoms with Gasteiger partial charge in [-0.25, -0.2) is 0 Å². The van der Waals surface area contributed by atoms with Gasteiger partial charge in [-0.2, -0.15) is 8.42 Å². The standard InChI is InChI=1S/C44H38Cl2N2O6S/c1-3-5-21-48(22-6-4-2)33-18-15-31(16-19-33)12-11-29-7-9-30(10-8-29)13-14-32-17-20-34(43(23-32)55(50,51)52)44-35-24-37(45)39(49)26-40(35)54-41-27-42(53-28-47)38(46)25-36(41)44/h7-20,23-27H,3-6,21-22H2,1-2H3,(H,50,51,52)/b12-11+,14-13+. The average Bonchev–Trinajstić information content (AvgIpc) is 3.17. The van der Waals surface area contributed by atoms with Crippen molar-refractivity contribution in [1.82, 2.24) is 0 Å². The third-order valence-corrected chi connectivity index (χ3v) is 10.7. The first-order valence-electron chi connectivity index (χ1n) is 17.9. The van der Waals surface area contributed by atoms with E-state index in [1.807, 2.05) is 30.3 Å². The van der Waals surface area contributed by atoms with Gasteiger partial charge in [0.25, 0.3) is 16.4 Å². The Bertz CT molecular complexity index is 2570. The molecule has 0 aromatic heterocycles. The summed E-state index contributed by atoms with van der Waals surface area (Å²) in [4.78, 5) is 14.5. The Kier molecular flexibility index (Phi) is 12.4. The molecule has 1 aliphatic carbocycles. The van der Waals surface area contributed by atoms with Crippen LogP contribution in [0, 0.1) is 11.5 Å². The number of ether oxygens (including phenoxy) is 1. The topological polar surface area (TPSA) is 121 Å². The Morgan fingerprint density at radius 2 is 1.33 bits per heavy atom. The summed E-state index contributed by atoms with van der Waals surface area (Å²) in [6.07, 6.45) is 14.0. The van der Waals surface area contributed by atoms with Crippen LogP contribution in [0.2, 0.25) is 10.0 Å². The Hall–Kier alpha value is -5.37. The van der Waals surface area contributed by atoms with Crippen molar-refractivity contribution in [2.75, 3.05) is 18.0 Å². The molecule has 1 aliphatic heterocycles. The second kappa shape index (κ2) is 17.4. The summed E-state index contributed by atoms with van der Waals surface area (Å²) < 4.78 is 47.2. The van der Waals surface area contributed by atoms with E-state index in [4.69, 9.17) is 37.6 Å². The summed E-state index contributed by atoms with van der Waals surface area (Å²) in [5.74, 6) is 0.0918. The summed E-state index contributed by atoms with van der Waals surface area (Å²) in [5, 5.41) is 9.32. The van der Waals surface area contributed by atoms with E-state index in [0.717, 1.165) is 29.8 Å². The first-order valence-corrected chi connectivity index (χ1v) is 20.1. The number of halogens is 2. The zero-order chi connectivity index (χ0) is 39.1. The number of rotatable bonds is 14. The van der Waals surface area contributed by atoms with Gasteiger partial charge in [-0.1, -0.05) is 123 Å². The predicted octanol–water partition coefficient (Wildman–Crippen LogP) is 11.7. The minimum Gasteiger partial charge on any atom is -0.456 e. The summed E-state index contributed by atoms with van der Waals surface area (Å²) in [5.41, 5.74) is 5.11. The van der Waals surface area contributed by atoms with E-state index in [0.29, 0.717) is 16.5 Å². The fraction of sp³-hybridized carbons (Fsp3) is 0.182. The number of anilines is 1. The van der Waals surface area contributed by atoms with Crippen molar-refractivity contribution in [1.29, 1.82) is 5.26 Å².